The van der Waals surface area contributed by atoms with Crippen molar-refractivity contribution in [2.75, 3.05) is 26.4 Å². The number of para-hydroxylation sites is 1. The van der Waals surface area contributed by atoms with Gasteiger partial charge < -0.3 is 38.6 Å². The number of allylic oxidation sites excluding steroid dienone is 2. The second-order valence-electron chi connectivity index (χ2n) is 10.9. The van der Waals surface area contributed by atoms with E-state index in [-0.39, 0.29) is 49.8 Å². The molecule has 0 aromatic heterocycles. The molecule has 0 spiro atoms. The van der Waals surface area contributed by atoms with Crippen LogP contribution in [-0.2, 0) is 28.5 Å². The van der Waals surface area contributed by atoms with Gasteiger partial charge in [-0.2, -0.15) is 0 Å². The standard InChI is InChI=1S/C31H46O9/c32-26-20-27(40-30-17-9-11-19-36-30)31(25(26)14-6-1-2-7-15-28(33)34)38-22-24(39-29-16-8-10-18-35-29)21-37-23-12-4-3-5-13-23/h1-5,12-13,24-27,29-32H,6-11,14-22H2,(H,33,34)/b2-1+. The summed E-state index contributed by atoms with van der Waals surface area (Å²) in [5, 5.41) is 19.9. The number of rotatable bonds is 16. The average molecular weight is 563 g/mol. The molecule has 9 nitrogen and oxygen atoms in total. The first-order valence-corrected chi connectivity index (χ1v) is 15.0. The fourth-order valence-corrected chi connectivity index (χ4v) is 5.59. The molecule has 224 valence electrons. The van der Waals surface area contributed by atoms with Crippen LogP contribution in [-0.4, -0.2) is 79.6 Å². The van der Waals surface area contributed by atoms with Crippen molar-refractivity contribution in [3.8, 4) is 5.75 Å². The van der Waals surface area contributed by atoms with E-state index in [1.807, 2.05) is 42.5 Å². The highest BCUT2D eigenvalue weighted by Gasteiger charge is 2.45. The zero-order valence-electron chi connectivity index (χ0n) is 23.4. The number of benzene rings is 1. The molecule has 7 unspecified atom stereocenters. The van der Waals surface area contributed by atoms with Crippen LogP contribution in [0, 0.1) is 5.92 Å². The Kier molecular flexibility index (Phi) is 13.2. The lowest BCUT2D eigenvalue weighted by Crippen LogP contribution is -2.40. The van der Waals surface area contributed by atoms with Crippen LogP contribution in [0.2, 0.25) is 0 Å². The predicted molar refractivity (Wildman–Crippen MR) is 148 cm³/mol. The number of carbonyl (C=O) groups is 1. The molecular weight excluding hydrogens is 516 g/mol. The molecule has 1 aromatic rings. The van der Waals surface area contributed by atoms with Crippen LogP contribution < -0.4 is 4.74 Å². The van der Waals surface area contributed by atoms with E-state index in [9.17, 15) is 9.90 Å². The highest BCUT2D eigenvalue weighted by Crippen LogP contribution is 2.36. The third-order valence-electron chi connectivity index (χ3n) is 7.71. The number of carboxylic acid groups (broad SMARTS) is 1. The van der Waals surface area contributed by atoms with Crippen LogP contribution in [0.25, 0.3) is 0 Å². The second-order valence-corrected chi connectivity index (χ2v) is 10.9. The van der Waals surface area contributed by atoms with E-state index in [2.05, 4.69) is 0 Å². The molecule has 1 saturated carbocycles. The Labute approximate surface area is 237 Å². The van der Waals surface area contributed by atoms with Crippen LogP contribution in [0.5, 0.6) is 5.75 Å². The van der Waals surface area contributed by atoms with E-state index >= 15 is 0 Å². The summed E-state index contributed by atoms with van der Waals surface area (Å²) in [6.45, 7) is 1.96. The largest absolute Gasteiger partial charge is 0.491 e. The van der Waals surface area contributed by atoms with Crippen molar-refractivity contribution in [1.82, 2.24) is 0 Å². The molecular formula is C31H46O9. The number of aliphatic carboxylic acids is 1. The van der Waals surface area contributed by atoms with Crippen molar-refractivity contribution in [3.63, 3.8) is 0 Å². The van der Waals surface area contributed by atoms with Gasteiger partial charge in [-0.3, -0.25) is 4.79 Å². The lowest BCUT2D eigenvalue weighted by Gasteiger charge is -2.32. The SMILES string of the molecule is O=C(O)CC/C=C/CCC1C(O)CC(OC2CCCCO2)C1OCC(COc1ccccc1)OC1CCCCO1. The Balaban J connectivity index is 1.39. The summed E-state index contributed by atoms with van der Waals surface area (Å²) in [5.74, 6) is -0.166. The van der Waals surface area contributed by atoms with Crippen LogP contribution in [0.3, 0.4) is 0 Å². The van der Waals surface area contributed by atoms with Crippen LogP contribution >= 0.6 is 0 Å². The van der Waals surface area contributed by atoms with Crippen molar-refractivity contribution >= 4 is 5.97 Å². The number of hydrogen-bond acceptors (Lipinski definition) is 8. The van der Waals surface area contributed by atoms with Crippen LogP contribution in [0.15, 0.2) is 42.5 Å². The van der Waals surface area contributed by atoms with Gasteiger partial charge in [-0.15, -0.1) is 0 Å². The van der Waals surface area contributed by atoms with Gasteiger partial charge in [0.1, 0.15) is 18.5 Å². The van der Waals surface area contributed by atoms with Gasteiger partial charge in [0.2, 0.25) is 0 Å². The number of aliphatic hydroxyl groups is 1. The minimum atomic E-state index is -0.805. The van der Waals surface area contributed by atoms with E-state index in [4.69, 9.17) is 33.5 Å². The molecule has 2 N–H and O–H groups in total. The van der Waals surface area contributed by atoms with Gasteiger partial charge >= 0.3 is 5.97 Å². The smallest absolute Gasteiger partial charge is 0.303 e. The molecule has 2 aliphatic heterocycles. The second kappa shape index (κ2) is 17.1. The molecule has 0 radical (unpaired) electrons. The van der Waals surface area contributed by atoms with Gasteiger partial charge in [-0.05, 0) is 69.9 Å². The Morgan fingerprint density at radius 2 is 1.70 bits per heavy atom. The quantitative estimate of drug-likeness (QED) is 0.273. The summed E-state index contributed by atoms with van der Waals surface area (Å²) in [5.41, 5.74) is 0. The highest BCUT2D eigenvalue weighted by molar-refractivity contribution is 5.66. The molecule has 7 atom stereocenters. The minimum Gasteiger partial charge on any atom is -0.491 e. The molecule has 9 heteroatoms. The number of ether oxygens (including phenoxy) is 6. The highest BCUT2D eigenvalue weighted by atomic mass is 16.7. The lowest BCUT2D eigenvalue weighted by atomic mass is 9.96. The molecule has 2 heterocycles. The molecule has 1 aromatic carbocycles. The van der Waals surface area contributed by atoms with E-state index < -0.39 is 12.1 Å². The number of hydrogen-bond donors (Lipinski definition) is 2. The Morgan fingerprint density at radius 1 is 0.975 bits per heavy atom. The fourth-order valence-electron chi connectivity index (χ4n) is 5.59. The first kappa shape index (κ1) is 30.9. The molecule has 2 saturated heterocycles. The maximum absolute atomic E-state index is 11.0. The van der Waals surface area contributed by atoms with Crippen LogP contribution in [0.1, 0.15) is 70.6 Å². The monoisotopic (exact) mass is 562 g/mol. The van der Waals surface area contributed by atoms with Crippen molar-refractivity contribution in [2.24, 2.45) is 5.92 Å². The molecule has 3 fully saturated rings. The molecule has 0 bridgehead atoms. The zero-order chi connectivity index (χ0) is 28.0. The predicted octanol–water partition coefficient (Wildman–Crippen LogP) is 4.86. The first-order chi connectivity index (χ1) is 19.6. The molecule has 40 heavy (non-hydrogen) atoms. The normalized spacial score (nSPS) is 29.9. The Hall–Kier alpha value is -2.01. The van der Waals surface area contributed by atoms with Crippen molar-refractivity contribution in [1.29, 1.82) is 0 Å². The van der Waals surface area contributed by atoms with Gasteiger partial charge in [0.15, 0.2) is 12.6 Å². The Morgan fingerprint density at radius 3 is 2.40 bits per heavy atom. The summed E-state index contributed by atoms with van der Waals surface area (Å²) in [7, 11) is 0. The lowest BCUT2D eigenvalue weighted by molar-refractivity contribution is -0.226. The minimum absolute atomic E-state index is 0.114. The topological polar surface area (TPSA) is 113 Å². The summed E-state index contributed by atoms with van der Waals surface area (Å²) in [4.78, 5) is 10.8. The van der Waals surface area contributed by atoms with E-state index in [0.717, 1.165) is 50.7 Å². The van der Waals surface area contributed by atoms with Crippen molar-refractivity contribution in [2.45, 2.75) is 108 Å². The number of aliphatic hydroxyl groups excluding tert-OH is 1. The number of carboxylic acids is 1. The summed E-state index contributed by atoms with van der Waals surface area (Å²) >= 11 is 0. The summed E-state index contributed by atoms with van der Waals surface area (Å²) < 4.78 is 36.9. The summed E-state index contributed by atoms with van der Waals surface area (Å²) in [6.07, 6.45) is 10.2. The van der Waals surface area contributed by atoms with E-state index in [0.29, 0.717) is 39.1 Å². The maximum atomic E-state index is 11.0. The van der Waals surface area contributed by atoms with Crippen molar-refractivity contribution in [3.05, 3.63) is 42.5 Å². The maximum Gasteiger partial charge on any atom is 0.303 e. The van der Waals surface area contributed by atoms with Gasteiger partial charge in [-0.25, -0.2) is 0 Å². The van der Waals surface area contributed by atoms with E-state index in [1.54, 1.807) is 0 Å². The van der Waals surface area contributed by atoms with Gasteiger partial charge in [0, 0.05) is 32.0 Å². The zero-order valence-corrected chi connectivity index (χ0v) is 23.4. The van der Waals surface area contributed by atoms with Crippen molar-refractivity contribution < 1.29 is 43.4 Å². The average Bonchev–Trinajstić information content (AvgIpc) is 3.26. The van der Waals surface area contributed by atoms with Gasteiger partial charge in [0.05, 0.1) is 24.9 Å². The summed E-state index contributed by atoms with van der Waals surface area (Å²) in [6, 6.07) is 9.64. The third-order valence-corrected chi connectivity index (χ3v) is 7.71. The van der Waals surface area contributed by atoms with Crippen LogP contribution in [0.4, 0.5) is 0 Å². The van der Waals surface area contributed by atoms with Gasteiger partial charge in [0.25, 0.3) is 0 Å². The molecule has 0 amide bonds. The van der Waals surface area contributed by atoms with Gasteiger partial charge in [-0.1, -0.05) is 30.4 Å². The van der Waals surface area contributed by atoms with E-state index in [1.165, 1.54) is 0 Å². The molecule has 3 aliphatic rings. The molecule has 4 rings (SSSR count). The third kappa shape index (κ3) is 10.4. The molecule has 1 aliphatic carbocycles. The Bertz CT molecular complexity index is 867. The first-order valence-electron chi connectivity index (χ1n) is 15.0. The fraction of sp³-hybridized carbons (Fsp3) is 0.710.